The lowest BCUT2D eigenvalue weighted by Crippen LogP contribution is -1.85. The summed E-state index contributed by atoms with van der Waals surface area (Å²) in [6, 6.07) is 0. The molecule has 0 rings (SSSR count). The summed E-state index contributed by atoms with van der Waals surface area (Å²) in [5.41, 5.74) is 1.24. The van der Waals surface area contributed by atoms with Crippen molar-refractivity contribution in [2.24, 2.45) is 0 Å². The van der Waals surface area contributed by atoms with Gasteiger partial charge in [0, 0.05) is 0 Å². The van der Waals surface area contributed by atoms with E-state index in [1.807, 2.05) is 13.0 Å². The van der Waals surface area contributed by atoms with E-state index < -0.39 is 0 Å². The molecule has 0 N–H and O–H groups in total. The molecule has 0 aromatic heterocycles. The highest BCUT2D eigenvalue weighted by molar-refractivity contribution is 9.10. The average molecular weight is 210 g/mol. The molecule has 0 saturated carbocycles. The van der Waals surface area contributed by atoms with Crippen LogP contribution in [0.2, 0.25) is 0 Å². The smallest absolute Gasteiger partial charge is 0.0923 e. The molecule has 0 nitrogen and oxygen atoms in total. The number of hydrogen-bond donors (Lipinski definition) is 0. The second kappa shape index (κ2) is 5.07. The van der Waals surface area contributed by atoms with Crippen LogP contribution in [0.5, 0.6) is 0 Å². The predicted octanol–water partition coefficient (Wildman–Crippen LogP) is 3.47. The highest BCUT2D eigenvalue weighted by Gasteiger charge is 1.96. The molecular formula is C7H10BrCl. The molecule has 9 heavy (non-hydrogen) atoms. The summed E-state index contributed by atoms with van der Waals surface area (Å²) < 4.78 is 0.0497. The minimum absolute atomic E-state index is 0.0497. The lowest BCUT2D eigenvalue weighted by molar-refractivity contribution is 1.07. The number of halogens is 2. The van der Waals surface area contributed by atoms with Crippen molar-refractivity contribution in [1.29, 1.82) is 0 Å². The van der Waals surface area contributed by atoms with Crippen LogP contribution in [0.3, 0.4) is 0 Å². The fraction of sp³-hybridized carbons (Fsp3) is 0.429. The van der Waals surface area contributed by atoms with Crippen LogP contribution < -0.4 is 0 Å². The van der Waals surface area contributed by atoms with Gasteiger partial charge in [0.25, 0.3) is 0 Å². The molecule has 0 heterocycles. The fourth-order valence-electron chi connectivity index (χ4n) is 0.513. The van der Waals surface area contributed by atoms with Crippen LogP contribution in [0.4, 0.5) is 0 Å². The van der Waals surface area contributed by atoms with Gasteiger partial charge in [-0.2, -0.15) is 0 Å². The maximum atomic E-state index is 5.65. The van der Waals surface area contributed by atoms with Crippen LogP contribution in [-0.4, -0.2) is 4.29 Å². The van der Waals surface area contributed by atoms with E-state index in [9.17, 15) is 0 Å². The van der Waals surface area contributed by atoms with Gasteiger partial charge in [-0.15, -0.1) is 11.6 Å². The molecule has 0 spiro atoms. The van der Waals surface area contributed by atoms with Gasteiger partial charge in [-0.1, -0.05) is 40.2 Å². The molecule has 0 fully saturated rings. The zero-order chi connectivity index (χ0) is 7.28. The summed E-state index contributed by atoms with van der Waals surface area (Å²) in [6.45, 7) is 5.60. The van der Waals surface area contributed by atoms with Crippen molar-refractivity contribution < 1.29 is 0 Å². The van der Waals surface area contributed by atoms with Gasteiger partial charge in [0.1, 0.15) is 0 Å². The van der Waals surface area contributed by atoms with Crippen molar-refractivity contribution in [2.45, 2.75) is 17.6 Å². The maximum absolute atomic E-state index is 5.65. The Morgan fingerprint density at radius 2 is 2.44 bits per heavy atom. The monoisotopic (exact) mass is 208 g/mol. The molecule has 0 saturated heterocycles. The third-order valence-electron chi connectivity index (χ3n) is 0.879. The first-order chi connectivity index (χ1) is 4.16. The summed E-state index contributed by atoms with van der Waals surface area (Å²) in [7, 11) is 0. The number of allylic oxidation sites excluding steroid dienone is 3. The quantitative estimate of drug-likeness (QED) is 0.493. The normalized spacial score (nSPS) is 15.2. The third-order valence-corrected chi connectivity index (χ3v) is 1.36. The molecule has 0 aromatic carbocycles. The molecule has 0 aliphatic heterocycles. The summed E-state index contributed by atoms with van der Waals surface area (Å²) >= 11 is 8.89. The first-order valence-electron chi connectivity index (χ1n) is 2.73. The zero-order valence-electron chi connectivity index (χ0n) is 5.40. The minimum Gasteiger partial charge on any atom is -0.110 e. The molecule has 0 bridgehead atoms. The molecule has 0 aliphatic carbocycles. The van der Waals surface area contributed by atoms with Crippen LogP contribution in [0.1, 0.15) is 13.3 Å². The predicted molar refractivity (Wildman–Crippen MR) is 47.1 cm³/mol. The number of rotatable bonds is 3. The van der Waals surface area contributed by atoms with Crippen molar-refractivity contribution in [3.05, 3.63) is 24.3 Å². The van der Waals surface area contributed by atoms with Gasteiger partial charge in [0.05, 0.1) is 4.29 Å². The molecule has 0 aromatic rings. The van der Waals surface area contributed by atoms with Gasteiger partial charge in [0.15, 0.2) is 0 Å². The standard InChI is InChI=1S/C7H10BrCl/c1-3-4-6(2)5-7(8)9/h3-4,7H,1,5H2,2H3/b6-4-. The van der Waals surface area contributed by atoms with E-state index >= 15 is 0 Å². The van der Waals surface area contributed by atoms with Gasteiger partial charge in [-0.25, -0.2) is 0 Å². The lowest BCUT2D eigenvalue weighted by Gasteiger charge is -1.98. The van der Waals surface area contributed by atoms with Gasteiger partial charge >= 0.3 is 0 Å². The molecule has 1 unspecified atom stereocenters. The van der Waals surface area contributed by atoms with Crippen LogP contribution in [-0.2, 0) is 0 Å². The SMILES string of the molecule is C=C/C=C(/C)CC(Cl)Br. The first-order valence-corrected chi connectivity index (χ1v) is 4.08. The highest BCUT2D eigenvalue weighted by Crippen LogP contribution is 2.15. The molecule has 0 radical (unpaired) electrons. The first kappa shape index (κ1) is 9.25. The average Bonchev–Trinajstić information content (AvgIpc) is 1.63. The van der Waals surface area contributed by atoms with Crippen LogP contribution in [0, 0.1) is 0 Å². The summed E-state index contributed by atoms with van der Waals surface area (Å²) in [5.74, 6) is 0. The Hall–Kier alpha value is 0.250. The largest absolute Gasteiger partial charge is 0.110 e. The van der Waals surface area contributed by atoms with E-state index in [2.05, 4.69) is 22.5 Å². The van der Waals surface area contributed by atoms with Crippen LogP contribution in [0.25, 0.3) is 0 Å². The second-order valence-corrected chi connectivity index (χ2v) is 4.00. The fourth-order valence-corrected chi connectivity index (χ4v) is 1.27. The van der Waals surface area contributed by atoms with E-state index in [0.29, 0.717) is 0 Å². The number of hydrogen-bond acceptors (Lipinski definition) is 0. The molecule has 0 aliphatic rings. The Labute approximate surface area is 69.7 Å². The van der Waals surface area contributed by atoms with Gasteiger partial charge in [-0.3, -0.25) is 0 Å². The van der Waals surface area contributed by atoms with E-state index in [1.54, 1.807) is 6.08 Å². The molecular weight excluding hydrogens is 199 g/mol. The molecule has 52 valence electrons. The topological polar surface area (TPSA) is 0 Å². The van der Waals surface area contributed by atoms with Crippen molar-refractivity contribution in [2.75, 3.05) is 0 Å². The van der Waals surface area contributed by atoms with E-state index in [0.717, 1.165) is 6.42 Å². The van der Waals surface area contributed by atoms with Crippen molar-refractivity contribution in [3.8, 4) is 0 Å². The van der Waals surface area contributed by atoms with Crippen LogP contribution in [0.15, 0.2) is 24.3 Å². The Morgan fingerprint density at radius 1 is 1.89 bits per heavy atom. The lowest BCUT2D eigenvalue weighted by atomic mass is 10.2. The van der Waals surface area contributed by atoms with Crippen molar-refractivity contribution >= 4 is 27.5 Å². The van der Waals surface area contributed by atoms with Crippen molar-refractivity contribution in [3.63, 3.8) is 0 Å². The minimum atomic E-state index is 0.0497. The van der Waals surface area contributed by atoms with E-state index in [-0.39, 0.29) is 4.29 Å². The van der Waals surface area contributed by atoms with Gasteiger partial charge in [0.2, 0.25) is 0 Å². The summed E-state index contributed by atoms with van der Waals surface area (Å²) in [5, 5.41) is 0. The van der Waals surface area contributed by atoms with Crippen molar-refractivity contribution in [1.82, 2.24) is 0 Å². The second-order valence-electron chi connectivity index (χ2n) is 1.84. The zero-order valence-corrected chi connectivity index (χ0v) is 7.74. The van der Waals surface area contributed by atoms with Crippen LogP contribution >= 0.6 is 27.5 Å². The van der Waals surface area contributed by atoms with E-state index in [4.69, 9.17) is 11.6 Å². The highest BCUT2D eigenvalue weighted by atomic mass is 79.9. The molecule has 1 atom stereocenters. The third kappa shape index (κ3) is 6.13. The Balaban J connectivity index is 3.61. The maximum Gasteiger partial charge on any atom is 0.0923 e. The summed E-state index contributed by atoms with van der Waals surface area (Å²) in [6.07, 6.45) is 4.59. The Bertz CT molecular complexity index is 116. The molecule has 0 amide bonds. The summed E-state index contributed by atoms with van der Waals surface area (Å²) in [4.78, 5) is 0. The molecule has 2 heteroatoms. The Kier molecular flexibility index (Phi) is 5.21. The van der Waals surface area contributed by atoms with Gasteiger partial charge < -0.3 is 0 Å². The van der Waals surface area contributed by atoms with Gasteiger partial charge in [-0.05, 0) is 13.3 Å². The Morgan fingerprint density at radius 3 is 2.78 bits per heavy atom. The van der Waals surface area contributed by atoms with E-state index in [1.165, 1.54) is 5.57 Å². The number of alkyl halides is 2.